The van der Waals surface area contributed by atoms with E-state index in [4.69, 9.17) is 0 Å². The number of rotatable bonds is 8. The average molecular weight is 529 g/mol. The topological polar surface area (TPSA) is 65.5 Å². The van der Waals surface area contributed by atoms with Gasteiger partial charge < -0.3 is 16.0 Å². The lowest BCUT2D eigenvalue weighted by molar-refractivity contribution is -0.115. The molecule has 8 heteroatoms. The molecule has 0 fully saturated rings. The number of aryl methyl sites for hydroxylation is 1. The van der Waals surface area contributed by atoms with Crippen molar-refractivity contribution in [3.63, 3.8) is 0 Å². The Morgan fingerprint density at radius 1 is 1.29 bits per heavy atom. The molecule has 0 aliphatic rings. The third-order valence-electron chi connectivity index (χ3n) is 3.18. The quantitative estimate of drug-likeness (QED) is 0.209. The van der Waals surface area contributed by atoms with E-state index in [9.17, 15) is 4.79 Å². The largest absolute Gasteiger partial charge is 0.356 e. The van der Waals surface area contributed by atoms with Gasteiger partial charge in [-0.25, -0.2) is 0 Å². The average Bonchev–Trinajstić information content (AvgIpc) is 2.53. The van der Waals surface area contributed by atoms with Gasteiger partial charge in [0, 0.05) is 23.8 Å². The van der Waals surface area contributed by atoms with E-state index in [2.05, 4.69) is 43.1 Å². The van der Waals surface area contributed by atoms with Crippen molar-refractivity contribution in [2.45, 2.75) is 19.8 Å². The van der Waals surface area contributed by atoms with Crippen molar-refractivity contribution in [1.29, 1.82) is 0 Å². The van der Waals surface area contributed by atoms with Gasteiger partial charge in [-0.2, -0.15) is 11.8 Å². The molecule has 3 N–H and O–H groups in total. The van der Waals surface area contributed by atoms with Crippen LogP contribution in [0.15, 0.2) is 27.7 Å². The lowest BCUT2D eigenvalue weighted by atomic mass is 10.2. The van der Waals surface area contributed by atoms with E-state index in [1.807, 2.05) is 36.9 Å². The highest BCUT2D eigenvalue weighted by Gasteiger charge is 2.06. The second-order valence-corrected chi connectivity index (χ2v) is 6.96. The molecule has 0 aliphatic heterocycles. The molecule has 0 saturated heterocycles. The molecule has 136 valence electrons. The molecule has 0 aromatic heterocycles. The SMILES string of the molecule is CN=C(NCCCCSC)NCC(=O)Nc1cc(Br)ccc1C.I. The number of hydrogen-bond donors (Lipinski definition) is 3. The van der Waals surface area contributed by atoms with Crippen LogP contribution in [0.5, 0.6) is 0 Å². The van der Waals surface area contributed by atoms with Crippen LogP contribution in [-0.2, 0) is 4.79 Å². The first-order valence-corrected chi connectivity index (χ1v) is 9.75. The number of aliphatic imine (C=N–C) groups is 1. The van der Waals surface area contributed by atoms with Gasteiger partial charge >= 0.3 is 0 Å². The minimum Gasteiger partial charge on any atom is -0.356 e. The Morgan fingerprint density at radius 2 is 2.04 bits per heavy atom. The number of guanidine groups is 1. The zero-order chi connectivity index (χ0) is 17.1. The predicted octanol–water partition coefficient (Wildman–Crippen LogP) is 3.62. The van der Waals surface area contributed by atoms with E-state index in [0.29, 0.717) is 5.96 Å². The van der Waals surface area contributed by atoms with Gasteiger partial charge in [0.05, 0.1) is 6.54 Å². The summed E-state index contributed by atoms with van der Waals surface area (Å²) in [5, 5.41) is 9.13. The highest BCUT2D eigenvalue weighted by atomic mass is 127. The molecule has 0 bridgehead atoms. The van der Waals surface area contributed by atoms with Crippen LogP contribution in [0.4, 0.5) is 5.69 Å². The van der Waals surface area contributed by atoms with Crippen molar-refractivity contribution in [3.05, 3.63) is 28.2 Å². The number of carbonyl (C=O) groups is 1. The summed E-state index contributed by atoms with van der Waals surface area (Å²) in [5.41, 5.74) is 1.84. The number of unbranched alkanes of at least 4 members (excludes halogenated alkanes) is 1. The maximum Gasteiger partial charge on any atom is 0.243 e. The fraction of sp³-hybridized carbons (Fsp3) is 0.500. The maximum absolute atomic E-state index is 12.0. The highest BCUT2D eigenvalue weighted by molar-refractivity contribution is 14.0. The van der Waals surface area contributed by atoms with Gasteiger partial charge in [-0.05, 0) is 49.5 Å². The summed E-state index contributed by atoms with van der Waals surface area (Å²) in [7, 11) is 1.70. The van der Waals surface area contributed by atoms with Gasteiger partial charge in [0.1, 0.15) is 0 Å². The smallest absolute Gasteiger partial charge is 0.243 e. The molecule has 0 heterocycles. The Morgan fingerprint density at radius 3 is 2.71 bits per heavy atom. The minimum atomic E-state index is -0.100. The highest BCUT2D eigenvalue weighted by Crippen LogP contribution is 2.20. The number of anilines is 1. The number of nitrogens with zero attached hydrogens (tertiary/aromatic N) is 1. The molecule has 0 saturated carbocycles. The normalized spacial score (nSPS) is 10.8. The van der Waals surface area contributed by atoms with Crippen LogP contribution in [0.1, 0.15) is 18.4 Å². The monoisotopic (exact) mass is 528 g/mol. The Kier molecular flexibility index (Phi) is 13.5. The zero-order valence-corrected chi connectivity index (χ0v) is 19.1. The summed E-state index contributed by atoms with van der Waals surface area (Å²) in [4.78, 5) is 16.2. The summed E-state index contributed by atoms with van der Waals surface area (Å²) in [6.07, 6.45) is 4.37. The molecule has 5 nitrogen and oxygen atoms in total. The van der Waals surface area contributed by atoms with Crippen molar-refractivity contribution < 1.29 is 4.79 Å². The van der Waals surface area contributed by atoms with Crippen molar-refractivity contribution in [2.75, 3.05) is 37.5 Å². The van der Waals surface area contributed by atoms with Crippen molar-refractivity contribution >= 4 is 69.2 Å². The molecule has 0 unspecified atom stereocenters. The van der Waals surface area contributed by atoms with Crippen LogP contribution in [0.2, 0.25) is 0 Å². The Bertz CT molecular complexity index is 543. The number of halogens is 2. The molecule has 0 aliphatic carbocycles. The fourth-order valence-electron chi connectivity index (χ4n) is 1.89. The number of thioether (sulfide) groups is 1. The first-order chi connectivity index (χ1) is 11.1. The van der Waals surface area contributed by atoms with Gasteiger partial charge in [-0.1, -0.05) is 22.0 Å². The third-order valence-corrected chi connectivity index (χ3v) is 4.37. The summed E-state index contributed by atoms with van der Waals surface area (Å²) in [5.74, 6) is 1.72. The van der Waals surface area contributed by atoms with Crippen molar-refractivity contribution in [2.24, 2.45) is 4.99 Å². The molecule has 24 heavy (non-hydrogen) atoms. The number of amides is 1. The van der Waals surface area contributed by atoms with Crippen LogP contribution in [0, 0.1) is 6.92 Å². The molecular weight excluding hydrogens is 503 g/mol. The van der Waals surface area contributed by atoms with E-state index in [1.54, 1.807) is 7.05 Å². The summed E-state index contributed by atoms with van der Waals surface area (Å²) in [6.45, 7) is 2.99. The van der Waals surface area contributed by atoms with Crippen LogP contribution in [0.3, 0.4) is 0 Å². The van der Waals surface area contributed by atoms with E-state index < -0.39 is 0 Å². The Labute approximate surface area is 174 Å². The third kappa shape index (κ3) is 9.73. The van der Waals surface area contributed by atoms with Gasteiger partial charge in [0.2, 0.25) is 5.91 Å². The van der Waals surface area contributed by atoms with Crippen LogP contribution in [0.25, 0.3) is 0 Å². The number of carbonyl (C=O) groups excluding carboxylic acids is 1. The zero-order valence-electron chi connectivity index (χ0n) is 14.3. The predicted molar refractivity (Wildman–Crippen MR) is 120 cm³/mol. The van der Waals surface area contributed by atoms with Gasteiger partial charge in [-0.3, -0.25) is 9.79 Å². The van der Waals surface area contributed by atoms with E-state index >= 15 is 0 Å². The van der Waals surface area contributed by atoms with Crippen LogP contribution < -0.4 is 16.0 Å². The molecule has 0 atom stereocenters. The van der Waals surface area contributed by atoms with Crippen LogP contribution >= 0.6 is 51.7 Å². The number of hydrogen-bond acceptors (Lipinski definition) is 3. The number of nitrogens with one attached hydrogen (secondary N) is 3. The summed E-state index contributed by atoms with van der Waals surface area (Å²) in [6, 6.07) is 5.81. The maximum atomic E-state index is 12.0. The molecule has 1 amide bonds. The van der Waals surface area contributed by atoms with E-state index in [1.165, 1.54) is 12.2 Å². The standard InChI is InChI=1S/C16H25BrN4OS.HI/c1-12-6-7-13(17)10-14(12)21-15(22)11-20-16(18-2)19-8-4-5-9-23-3;/h6-7,10H,4-5,8-9,11H2,1-3H3,(H,21,22)(H2,18,19,20);1H. The lowest BCUT2D eigenvalue weighted by Crippen LogP contribution is -2.41. The Hall–Kier alpha value is -0.480. The molecule has 0 radical (unpaired) electrons. The molecule has 1 aromatic rings. The van der Waals surface area contributed by atoms with Gasteiger partial charge in [-0.15, -0.1) is 24.0 Å². The van der Waals surface area contributed by atoms with Gasteiger partial charge in [0.15, 0.2) is 5.96 Å². The molecule has 1 aromatic carbocycles. The first kappa shape index (κ1) is 23.5. The summed E-state index contributed by atoms with van der Waals surface area (Å²) < 4.78 is 0.939. The van der Waals surface area contributed by atoms with Gasteiger partial charge in [0.25, 0.3) is 0 Å². The van der Waals surface area contributed by atoms with Crippen LogP contribution in [-0.4, -0.2) is 44.0 Å². The Balaban J connectivity index is 0.00000529. The van der Waals surface area contributed by atoms with Crippen molar-refractivity contribution in [1.82, 2.24) is 10.6 Å². The first-order valence-electron chi connectivity index (χ1n) is 7.56. The molecule has 1 rings (SSSR count). The van der Waals surface area contributed by atoms with Crippen molar-refractivity contribution in [3.8, 4) is 0 Å². The summed E-state index contributed by atoms with van der Waals surface area (Å²) >= 11 is 5.26. The molecule has 0 spiro atoms. The lowest BCUT2D eigenvalue weighted by Gasteiger charge is -2.13. The number of benzene rings is 1. The fourth-order valence-corrected chi connectivity index (χ4v) is 2.74. The second-order valence-electron chi connectivity index (χ2n) is 5.06. The van der Waals surface area contributed by atoms with E-state index in [-0.39, 0.29) is 36.4 Å². The van der Waals surface area contributed by atoms with E-state index in [0.717, 1.165) is 28.7 Å². The molecular formula is C16H26BrIN4OS. The second kappa shape index (κ2) is 13.8. The minimum absolute atomic E-state index is 0.